The lowest BCUT2D eigenvalue weighted by Crippen LogP contribution is -2.38. The fourth-order valence-electron chi connectivity index (χ4n) is 5.00. The zero-order chi connectivity index (χ0) is 28.6. The van der Waals surface area contributed by atoms with E-state index in [1.165, 1.54) is 18.9 Å². The normalized spacial score (nSPS) is 15.2. The summed E-state index contributed by atoms with van der Waals surface area (Å²) in [4.78, 5) is 22.8. The molecule has 1 amide bonds. The Morgan fingerprint density at radius 2 is 1.98 bits per heavy atom. The Hall–Kier alpha value is -4.40. The third-order valence-electron chi connectivity index (χ3n) is 7.40. The molecule has 1 aliphatic heterocycles. The molecule has 11 heteroatoms. The van der Waals surface area contributed by atoms with Crippen molar-refractivity contribution in [2.24, 2.45) is 0 Å². The van der Waals surface area contributed by atoms with Gasteiger partial charge in [-0.05, 0) is 67.3 Å². The zero-order valence-electron chi connectivity index (χ0n) is 22.6. The summed E-state index contributed by atoms with van der Waals surface area (Å²) in [5.41, 5.74) is 4.99. The van der Waals surface area contributed by atoms with Gasteiger partial charge in [-0.1, -0.05) is 6.07 Å². The molecule has 10 nitrogen and oxygen atoms in total. The van der Waals surface area contributed by atoms with E-state index in [4.69, 9.17) is 4.74 Å². The lowest BCUT2D eigenvalue weighted by atomic mass is 9.99. The maximum Gasteiger partial charge on any atom is 0.257 e. The molecule has 210 valence electrons. The van der Waals surface area contributed by atoms with Gasteiger partial charge in [-0.25, -0.2) is 13.4 Å². The van der Waals surface area contributed by atoms with Crippen LogP contribution in [0.1, 0.15) is 35.7 Å². The van der Waals surface area contributed by atoms with Crippen molar-refractivity contribution in [1.29, 1.82) is 5.26 Å². The number of fused-ring (bicyclic) bond motifs is 2. The number of hydrogen-bond donors (Lipinski definition) is 3. The van der Waals surface area contributed by atoms with Gasteiger partial charge in [-0.2, -0.15) is 5.26 Å². The quantitative estimate of drug-likeness (QED) is 0.275. The summed E-state index contributed by atoms with van der Waals surface area (Å²) in [5, 5.41) is 13.8. The van der Waals surface area contributed by atoms with E-state index in [0.29, 0.717) is 59.5 Å². The molecule has 1 saturated carbocycles. The third kappa shape index (κ3) is 5.75. The SMILES string of the molecule is CCS(=O)(=O)Nc1cc(C#N)cc(-c2c[nH]c3ncc(-c4ccc5c(c4)OCCN(CCNC4CC4)C5=O)cc23)c1. The van der Waals surface area contributed by atoms with E-state index >= 15 is 0 Å². The number of nitrogens with zero attached hydrogens (tertiary/aromatic N) is 3. The van der Waals surface area contributed by atoms with Gasteiger partial charge in [0, 0.05) is 48.0 Å². The molecule has 3 heterocycles. The molecule has 4 aromatic rings. The Kier molecular flexibility index (Phi) is 7.11. The summed E-state index contributed by atoms with van der Waals surface area (Å²) in [6.07, 6.45) is 5.97. The van der Waals surface area contributed by atoms with Crippen LogP contribution in [0.4, 0.5) is 5.69 Å². The molecule has 1 aliphatic carbocycles. The fraction of sp³-hybridized carbons (Fsp3) is 0.300. The van der Waals surface area contributed by atoms with Gasteiger partial charge in [-0.15, -0.1) is 0 Å². The number of carbonyl (C=O) groups is 1. The number of benzene rings is 2. The van der Waals surface area contributed by atoms with Crippen molar-refractivity contribution >= 4 is 32.7 Å². The molecule has 2 aromatic heterocycles. The van der Waals surface area contributed by atoms with Crippen LogP contribution in [0.25, 0.3) is 33.3 Å². The van der Waals surface area contributed by atoms with Crippen molar-refractivity contribution < 1.29 is 17.9 Å². The van der Waals surface area contributed by atoms with Gasteiger partial charge in [0.2, 0.25) is 10.0 Å². The highest BCUT2D eigenvalue weighted by molar-refractivity contribution is 7.92. The van der Waals surface area contributed by atoms with Gasteiger partial charge in [-0.3, -0.25) is 9.52 Å². The number of nitrogens with one attached hydrogen (secondary N) is 3. The van der Waals surface area contributed by atoms with Crippen LogP contribution in [-0.4, -0.2) is 67.2 Å². The van der Waals surface area contributed by atoms with Crippen molar-refractivity contribution in [3.8, 4) is 34.1 Å². The molecule has 6 rings (SSSR count). The first-order valence-corrected chi connectivity index (χ1v) is 15.3. The molecule has 0 atom stereocenters. The van der Waals surface area contributed by atoms with Crippen LogP contribution in [0, 0.1) is 11.3 Å². The highest BCUT2D eigenvalue weighted by Crippen LogP contribution is 2.35. The molecule has 0 saturated heterocycles. The van der Waals surface area contributed by atoms with Crippen molar-refractivity contribution in [2.75, 3.05) is 36.7 Å². The summed E-state index contributed by atoms with van der Waals surface area (Å²) in [7, 11) is -3.51. The first kappa shape index (κ1) is 26.8. The van der Waals surface area contributed by atoms with E-state index < -0.39 is 10.0 Å². The van der Waals surface area contributed by atoms with E-state index in [2.05, 4.69) is 26.1 Å². The van der Waals surface area contributed by atoms with Crippen LogP contribution in [-0.2, 0) is 10.0 Å². The zero-order valence-corrected chi connectivity index (χ0v) is 23.4. The molecule has 3 N–H and O–H groups in total. The minimum atomic E-state index is -3.51. The molecular formula is C30H30N6O4S. The maximum absolute atomic E-state index is 13.2. The van der Waals surface area contributed by atoms with Crippen molar-refractivity contribution in [3.63, 3.8) is 0 Å². The van der Waals surface area contributed by atoms with Crippen molar-refractivity contribution in [3.05, 3.63) is 66.0 Å². The minimum absolute atomic E-state index is 0.0324. The Morgan fingerprint density at radius 3 is 2.76 bits per heavy atom. The summed E-state index contributed by atoms with van der Waals surface area (Å²) >= 11 is 0. The largest absolute Gasteiger partial charge is 0.491 e. The average molecular weight is 571 g/mol. The first-order chi connectivity index (χ1) is 19.8. The van der Waals surface area contributed by atoms with Crippen molar-refractivity contribution in [1.82, 2.24) is 20.2 Å². The molecule has 0 radical (unpaired) electrons. The Morgan fingerprint density at radius 1 is 1.12 bits per heavy atom. The molecular weight excluding hydrogens is 540 g/mol. The second-order valence-corrected chi connectivity index (χ2v) is 12.3. The summed E-state index contributed by atoms with van der Waals surface area (Å²) in [6, 6.07) is 15.2. The predicted octanol–water partition coefficient (Wildman–Crippen LogP) is 4.12. The van der Waals surface area contributed by atoms with E-state index in [1.54, 1.807) is 31.5 Å². The third-order valence-corrected chi connectivity index (χ3v) is 8.71. The number of aromatic amines is 1. The van der Waals surface area contributed by atoms with Gasteiger partial charge in [0.1, 0.15) is 18.0 Å². The molecule has 0 spiro atoms. The smallest absolute Gasteiger partial charge is 0.257 e. The van der Waals surface area contributed by atoms with Crippen LogP contribution in [0.3, 0.4) is 0 Å². The molecule has 0 bridgehead atoms. The summed E-state index contributed by atoms with van der Waals surface area (Å²) in [5.74, 6) is 0.440. The highest BCUT2D eigenvalue weighted by atomic mass is 32.2. The lowest BCUT2D eigenvalue weighted by molar-refractivity contribution is 0.0757. The minimum Gasteiger partial charge on any atom is -0.491 e. The first-order valence-electron chi connectivity index (χ1n) is 13.7. The van der Waals surface area contributed by atoms with Gasteiger partial charge in [0.05, 0.1) is 35.2 Å². The van der Waals surface area contributed by atoms with Crippen LogP contribution in [0.15, 0.2) is 54.9 Å². The Bertz CT molecular complexity index is 1790. The van der Waals surface area contributed by atoms with Gasteiger partial charge >= 0.3 is 0 Å². The van der Waals surface area contributed by atoms with Crippen LogP contribution >= 0.6 is 0 Å². The van der Waals surface area contributed by atoms with Gasteiger partial charge in [0.15, 0.2) is 0 Å². The molecule has 2 aliphatic rings. The number of anilines is 1. The topological polar surface area (TPSA) is 140 Å². The number of aromatic nitrogens is 2. The number of carbonyl (C=O) groups excluding carboxylic acids is 1. The van der Waals surface area contributed by atoms with E-state index in [-0.39, 0.29) is 11.7 Å². The monoisotopic (exact) mass is 570 g/mol. The van der Waals surface area contributed by atoms with Gasteiger partial charge in [0.25, 0.3) is 5.91 Å². The summed E-state index contributed by atoms with van der Waals surface area (Å²) < 4.78 is 32.9. The standard InChI is InChI=1S/C30H30N6O4S/c1-2-41(38,39)35-24-12-19(16-31)11-21(13-24)27-18-34-29-26(27)14-22(17-33-29)20-3-6-25-28(15-20)40-10-9-36(30(25)37)8-7-32-23-4-5-23/h3,6,11-15,17-18,23,32,35H,2,4-5,7-10H2,1H3,(H,33,34). The number of H-pyrrole nitrogens is 1. The van der Waals surface area contributed by atoms with E-state index in [1.807, 2.05) is 29.2 Å². The Balaban J connectivity index is 1.31. The second kappa shape index (κ2) is 10.9. The molecule has 1 fully saturated rings. The fourth-order valence-corrected chi connectivity index (χ4v) is 5.62. The highest BCUT2D eigenvalue weighted by Gasteiger charge is 2.25. The molecule has 2 aromatic carbocycles. The predicted molar refractivity (Wildman–Crippen MR) is 157 cm³/mol. The van der Waals surface area contributed by atoms with Crippen LogP contribution in [0.5, 0.6) is 5.75 Å². The number of amides is 1. The number of ether oxygens (including phenoxy) is 1. The van der Waals surface area contributed by atoms with Crippen LogP contribution < -0.4 is 14.8 Å². The van der Waals surface area contributed by atoms with Crippen LogP contribution in [0.2, 0.25) is 0 Å². The molecule has 0 unspecified atom stereocenters. The number of rotatable bonds is 9. The van der Waals surface area contributed by atoms with Crippen molar-refractivity contribution in [2.45, 2.75) is 25.8 Å². The van der Waals surface area contributed by atoms with Gasteiger partial charge < -0.3 is 19.9 Å². The van der Waals surface area contributed by atoms with E-state index in [9.17, 15) is 18.5 Å². The van der Waals surface area contributed by atoms with E-state index in [0.717, 1.165) is 28.6 Å². The lowest BCUT2D eigenvalue weighted by Gasteiger charge is -2.20. The number of pyridine rings is 1. The maximum atomic E-state index is 13.2. The average Bonchev–Trinajstić information content (AvgIpc) is 3.73. The summed E-state index contributed by atoms with van der Waals surface area (Å²) in [6.45, 7) is 3.93. The number of nitriles is 1. The second-order valence-electron chi connectivity index (χ2n) is 10.3. The Labute approximate surface area is 238 Å². The number of hydrogen-bond acceptors (Lipinski definition) is 7. The number of sulfonamides is 1. The molecule has 41 heavy (non-hydrogen) atoms.